The van der Waals surface area contributed by atoms with Gasteiger partial charge >= 0.3 is 5.97 Å². The number of esters is 1. The van der Waals surface area contributed by atoms with Gasteiger partial charge < -0.3 is 14.5 Å². The van der Waals surface area contributed by atoms with Gasteiger partial charge in [0.05, 0.1) is 13.7 Å². The number of ether oxygens (including phenoxy) is 1. The third kappa shape index (κ3) is 4.20. The molecule has 2 rings (SSSR count). The Labute approximate surface area is 125 Å². The van der Waals surface area contributed by atoms with E-state index in [0.29, 0.717) is 17.9 Å². The number of methoxy groups -OCH3 is 1. The Hall–Kier alpha value is -2.07. The number of furan rings is 1. The first kappa shape index (κ1) is 15.3. The van der Waals surface area contributed by atoms with E-state index in [1.807, 2.05) is 0 Å². The molecule has 0 aliphatic rings. The molecular formula is C17H21NO3. The molecule has 2 aromatic rings. The van der Waals surface area contributed by atoms with Crippen LogP contribution in [0.3, 0.4) is 0 Å². The van der Waals surface area contributed by atoms with Crippen molar-refractivity contribution in [3.63, 3.8) is 0 Å². The van der Waals surface area contributed by atoms with Crippen LogP contribution >= 0.6 is 0 Å². The van der Waals surface area contributed by atoms with Gasteiger partial charge in [-0.3, -0.25) is 0 Å². The summed E-state index contributed by atoms with van der Waals surface area (Å²) in [4.78, 5) is 11.5. The van der Waals surface area contributed by atoms with Crippen molar-refractivity contribution in [2.45, 2.75) is 26.8 Å². The van der Waals surface area contributed by atoms with Crippen LogP contribution in [0.15, 0.2) is 34.7 Å². The van der Waals surface area contributed by atoms with Crippen molar-refractivity contribution in [1.82, 2.24) is 5.32 Å². The van der Waals surface area contributed by atoms with Crippen LogP contribution in [0.5, 0.6) is 0 Å². The minimum absolute atomic E-state index is 0.359. The fourth-order valence-corrected chi connectivity index (χ4v) is 2.26. The molecule has 0 spiro atoms. The van der Waals surface area contributed by atoms with Gasteiger partial charge in [-0.25, -0.2) is 4.79 Å². The average molecular weight is 287 g/mol. The van der Waals surface area contributed by atoms with Gasteiger partial charge in [0.1, 0.15) is 17.1 Å². The summed E-state index contributed by atoms with van der Waals surface area (Å²) in [6, 6.07) is 10.2. The predicted octanol–water partition coefficient (Wildman–Crippen LogP) is 3.02. The zero-order chi connectivity index (χ0) is 15.2. The summed E-state index contributed by atoms with van der Waals surface area (Å²) in [6.45, 7) is 5.32. The van der Waals surface area contributed by atoms with Gasteiger partial charge in [-0.15, -0.1) is 0 Å². The second-order valence-corrected chi connectivity index (χ2v) is 5.09. The molecule has 21 heavy (non-hydrogen) atoms. The Morgan fingerprint density at radius 3 is 2.81 bits per heavy atom. The lowest BCUT2D eigenvalue weighted by atomic mass is 10.1. The molecule has 1 aromatic carbocycles. The monoisotopic (exact) mass is 287 g/mol. The number of hydrogen-bond acceptors (Lipinski definition) is 4. The Morgan fingerprint density at radius 2 is 2.10 bits per heavy atom. The van der Waals surface area contributed by atoms with E-state index in [1.54, 1.807) is 13.0 Å². The van der Waals surface area contributed by atoms with E-state index in [-0.39, 0.29) is 5.97 Å². The van der Waals surface area contributed by atoms with Gasteiger partial charge in [-0.05, 0) is 38.4 Å². The number of nitrogens with one attached hydrogen (secondary N) is 1. The molecule has 0 bridgehead atoms. The lowest BCUT2D eigenvalue weighted by molar-refractivity contribution is 0.0599. The lowest BCUT2D eigenvalue weighted by Gasteiger charge is -2.04. The first-order valence-corrected chi connectivity index (χ1v) is 7.04. The molecule has 0 aliphatic heterocycles. The number of carbonyl (C=O) groups is 1. The van der Waals surface area contributed by atoms with Crippen LogP contribution in [0.25, 0.3) is 0 Å². The standard InChI is InChI=1S/C17H21NO3/c1-12-5-4-6-14(9-12)7-8-18-11-15-10-16(13(2)21-15)17(19)20-3/h4-6,9-10,18H,7-8,11H2,1-3H3. The molecule has 0 aliphatic carbocycles. The van der Waals surface area contributed by atoms with Crippen molar-refractivity contribution in [3.05, 3.63) is 58.5 Å². The fourth-order valence-electron chi connectivity index (χ4n) is 2.26. The molecule has 1 aromatic heterocycles. The summed E-state index contributed by atoms with van der Waals surface area (Å²) in [7, 11) is 1.37. The normalized spacial score (nSPS) is 10.6. The van der Waals surface area contributed by atoms with Crippen LogP contribution in [0.4, 0.5) is 0 Å². The second-order valence-electron chi connectivity index (χ2n) is 5.09. The van der Waals surface area contributed by atoms with Crippen molar-refractivity contribution in [1.29, 1.82) is 0 Å². The third-order valence-corrected chi connectivity index (χ3v) is 3.35. The topological polar surface area (TPSA) is 51.5 Å². The number of rotatable bonds is 6. The molecule has 0 saturated carbocycles. The highest BCUT2D eigenvalue weighted by atomic mass is 16.5. The minimum atomic E-state index is -0.359. The number of aryl methyl sites for hydroxylation is 2. The Morgan fingerprint density at radius 1 is 1.29 bits per heavy atom. The predicted molar refractivity (Wildman–Crippen MR) is 81.4 cm³/mol. The molecule has 0 atom stereocenters. The van der Waals surface area contributed by atoms with Gasteiger partial charge in [0, 0.05) is 0 Å². The maximum atomic E-state index is 11.5. The van der Waals surface area contributed by atoms with Crippen LogP contribution in [0.1, 0.15) is 33.0 Å². The number of carbonyl (C=O) groups excluding carboxylic acids is 1. The van der Waals surface area contributed by atoms with Gasteiger partial charge in [0.2, 0.25) is 0 Å². The van der Waals surface area contributed by atoms with Crippen molar-refractivity contribution in [2.24, 2.45) is 0 Å². The summed E-state index contributed by atoms with van der Waals surface area (Å²) in [5, 5.41) is 3.32. The van der Waals surface area contributed by atoms with Crippen LogP contribution in [0.2, 0.25) is 0 Å². The maximum Gasteiger partial charge on any atom is 0.341 e. The second kappa shape index (κ2) is 7.09. The quantitative estimate of drug-likeness (QED) is 0.655. The summed E-state index contributed by atoms with van der Waals surface area (Å²) in [5.41, 5.74) is 3.08. The Kier molecular flexibility index (Phi) is 5.17. The lowest BCUT2D eigenvalue weighted by Crippen LogP contribution is -2.16. The molecule has 0 radical (unpaired) electrons. The van der Waals surface area contributed by atoms with E-state index in [4.69, 9.17) is 9.15 Å². The van der Waals surface area contributed by atoms with Gasteiger partial charge in [-0.1, -0.05) is 29.8 Å². The molecule has 4 nitrogen and oxygen atoms in total. The van der Waals surface area contributed by atoms with Crippen LogP contribution in [-0.4, -0.2) is 19.6 Å². The van der Waals surface area contributed by atoms with E-state index in [1.165, 1.54) is 18.2 Å². The Bertz CT molecular complexity index is 616. The van der Waals surface area contributed by atoms with Gasteiger partial charge in [0.25, 0.3) is 0 Å². The molecule has 0 fully saturated rings. The van der Waals surface area contributed by atoms with Crippen molar-refractivity contribution in [2.75, 3.05) is 13.7 Å². The molecule has 4 heteroatoms. The summed E-state index contributed by atoms with van der Waals surface area (Å²) in [5.74, 6) is 0.983. The third-order valence-electron chi connectivity index (χ3n) is 3.35. The smallest absolute Gasteiger partial charge is 0.341 e. The maximum absolute atomic E-state index is 11.5. The van der Waals surface area contributed by atoms with Gasteiger partial charge in [0.15, 0.2) is 0 Å². The summed E-state index contributed by atoms with van der Waals surface area (Å²) < 4.78 is 10.3. The first-order valence-electron chi connectivity index (χ1n) is 7.04. The van der Waals surface area contributed by atoms with Crippen molar-refractivity contribution in [3.8, 4) is 0 Å². The van der Waals surface area contributed by atoms with Crippen molar-refractivity contribution < 1.29 is 13.9 Å². The number of hydrogen-bond donors (Lipinski definition) is 1. The van der Waals surface area contributed by atoms with Crippen LogP contribution in [0, 0.1) is 13.8 Å². The molecule has 112 valence electrons. The molecule has 0 amide bonds. The Balaban J connectivity index is 1.82. The highest BCUT2D eigenvalue weighted by Gasteiger charge is 2.14. The number of benzene rings is 1. The molecule has 1 heterocycles. The molecule has 1 N–H and O–H groups in total. The highest BCUT2D eigenvalue weighted by molar-refractivity contribution is 5.90. The van der Waals surface area contributed by atoms with Crippen LogP contribution < -0.4 is 5.32 Å². The van der Waals surface area contributed by atoms with E-state index in [0.717, 1.165) is 18.7 Å². The largest absolute Gasteiger partial charge is 0.465 e. The van der Waals surface area contributed by atoms with Crippen LogP contribution in [-0.2, 0) is 17.7 Å². The molecular weight excluding hydrogens is 266 g/mol. The highest BCUT2D eigenvalue weighted by Crippen LogP contribution is 2.15. The van der Waals surface area contributed by atoms with E-state index >= 15 is 0 Å². The fraction of sp³-hybridized carbons (Fsp3) is 0.353. The molecule has 0 unspecified atom stereocenters. The van der Waals surface area contributed by atoms with Gasteiger partial charge in [-0.2, -0.15) is 0 Å². The zero-order valence-corrected chi connectivity index (χ0v) is 12.7. The summed E-state index contributed by atoms with van der Waals surface area (Å²) >= 11 is 0. The SMILES string of the molecule is COC(=O)c1cc(CNCCc2cccc(C)c2)oc1C. The van der Waals surface area contributed by atoms with E-state index in [2.05, 4.69) is 36.5 Å². The zero-order valence-electron chi connectivity index (χ0n) is 12.7. The van der Waals surface area contributed by atoms with E-state index in [9.17, 15) is 4.79 Å². The first-order chi connectivity index (χ1) is 10.1. The minimum Gasteiger partial charge on any atom is -0.465 e. The molecule has 0 saturated heterocycles. The summed E-state index contributed by atoms with van der Waals surface area (Å²) in [6.07, 6.45) is 0.964. The van der Waals surface area contributed by atoms with Crippen molar-refractivity contribution >= 4 is 5.97 Å². The average Bonchev–Trinajstić information content (AvgIpc) is 2.84. The van der Waals surface area contributed by atoms with E-state index < -0.39 is 0 Å².